The molecular formula is C10H2F18O2. The van der Waals surface area contributed by atoms with Gasteiger partial charge in [0.2, 0.25) is 0 Å². The van der Waals surface area contributed by atoms with Crippen LogP contribution in [0.1, 0.15) is 0 Å². The van der Waals surface area contributed by atoms with Crippen LogP contribution < -0.4 is 0 Å². The summed E-state index contributed by atoms with van der Waals surface area (Å²) in [6.07, 6.45) is -7.43. The fraction of sp³-hybridized carbons (Fsp3) is 1.00. The maximum Gasteiger partial charge on any atom is 0.418 e. The van der Waals surface area contributed by atoms with Gasteiger partial charge >= 0.3 is 59.1 Å². The van der Waals surface area contributed by atoms with Crippen molar-refractivity contribution in [1.82, 2.24) is 0 Å². The number of hydrogen-bond donors (Lipinski definition) is 2. The molecule has 0 aromatic carbocycles. The first-order chi connectivity index (χ1) is 12.5. The first-order valence-electron chi connectivity index (χ1n) is 6.35. The number of halogens is 18. The van der Waals surface area contributed by atoms with Crippen molar-refractivity contribution in [2.45, 2.75) is 59.1 Å². The molecule has 0 saturated heterocycles. The van der Waals surface area contributed by atoms with Gasteiger partial charge in [-0.1, -0.05) is 0 Å². The van der Waals surface area contributed by atoms with Gasteiger partial charge in [0.05, 0.1) is 0 Å². The molecule has 180 valence electrons. The van der Waals surface area contributed by atoms with E-state index >= 15 is 0 Å². The molecule has 2 N–H and O–H groups in total. The van der Waals surface area contributed by atoms with Crippen LogP contribution in [0.3, 0.4) is 0 Å². The average Bonchev–Trinajstić information content (AvgIpc) is 2.50. The predicted molar refractivity (Wildman–Crippen MR) is 51.7 cm³/mol. The monoisotopic (exact) mass is 496 g/mol. The summed E-state index contributed by atoms with van der Waals surface area (Å²) in [5.41, 5.74) is -9.15. The minimum atomic E-state index is -9.15. The molecule has 1 saturated carbocycles. The first-order valence-corrected chi connectivity index (χ1v) is 6.35. The van der Waals surface area contributed by atoms with Crippen LogP contribution in [0.5, 0.6) is 0 Å². The van der Waals surface area contributed by atoms with Crippen molar-refractivity contribution in [3.05, 3.63) is 0 Å². The van der Waals surface area contributed by atoms with Gasteiger partial charge in [-0.3, -0.25) is 0 Å². The average molecular weight is 496 g/mol. The van der Waals surface area contributed by atoms with Crippen LogP contribution in [-0.2, 0) is 0 Å². The molecule has 0 bridgehead atoms. The lowest BCUT2D eigenvalue weighted by atomic mass is 9.77. The van der Waals surface area contributed by atoms with E-state index in [9.17, 15) is 79.0 Å². The van der Waals surface area contributed by atoms with Gasteiger partial charge in [-0.25, -0.2) is 4.39 Å². The second-order valence-corrected chi connectivity index (χ2v) is 5.84. The highest BCUT2D eigenvalue weighted by Gasteiger charge is 3.07. The summed E-state index contributed by atoms with van der Waals surface area (Å²) in [6, 6.07) is 0. The summed E-state index contributed by atoms with van der Waals surface area (Å²) in [4.78, 5) is 0. The topological polar surface area (TPSA) is 40.5 Å². The summed E-state index contributed by atoms with van der Waals surface area (Å²) in [6.45, 7) is 0. The molecule has 1 aliphatic rings. The maximum atomic E-state index is 14.1. The number of aliphatic hydroxyl groups is 2. The SMILES string of the molecule is OC(F)(F)C(O)(F)C(F)(F)C1(F)C(F)(F)C(F)(F)C(F)(F)C(F)(F)C(F)(F)C1(F)F. The van der Waals surface area contributed by atoms with E-state index < -0.39 is 59.1 Å². The van der Waals surface area contributed by atoms with Gasteiger partial charge in [0, 0.05) is 0 Å². The molecule has 1 fully saturated rings. The van der Waals surface area contributed by atoms with Crippen molar-refractivity contribution in [2.75, 3.05) is 0 Å². The zero-order chi connectivity index (χ0) is 25.0. The van der Waals surface area contributed by atoms with Crippen LogP contribution in [0.25, 0.3) is 0 Å². The highest BCUT2D eigenvalue weighted by Crippen LogP contribution is 2.73. The van der Waals surface area contributed by atoms with Gasteiger partial charge in [-0.2, -0.15) is 74.6 Å². The van der Waals surface area contributed by atoms with E-state index in [0.717, 1.165) is 0 Å². The van der Waals surface area contributed by atoms with Crippen molar-refractivity contribution >= 4 is 0 Å². The van der Waals surface area contributed by atoms with Crippen molar-refractivity contribution < 1.29 is 89.2 Å². The highest BCUT2D eigenvalue weighted by atomic mass is 19.4. The lowest BCUT2D eigenvalue weighted by Gasteiger charge is -2.47. The Kier molecular flexibility index (Phi) is 5.08. The van der Waals surface area contributed by atoms with Crippen LogP contribution in [-0.4, -0.2) is 69.3 Å². The maximum absolute atomic E-state index is 14.1. The van der Waals surface area contributed by atoms with Crippen LogP contribution in [0.4, 0.5) is 79.0 Å². The van der Waals surface area contributed by atoms with Crippen LogP contribution >= 0.6 is 0 Å². The molecule has 0 heterocycles. The molecule has 0 aromatic rings. The molecule has 0 aromatic heterocycles. The van der Waals surface area contributed by atoms with Crippen LogP contribution in [0.15, 0.2) is 0 Å². The summed E-state index contributed by atoms with van der Waals surface area (Å²) < 4.78 is 238. The summed E-state index contributed by atoms with van der Waals surface area (Å²) in [5, 5.41) is 15.7. The van der Waals surface area contributed by atoms with E-state index in [0.29, 0.717) is 0 Å². The predicted octanol–water partition coefficient (Wildman–Crippen LogP) is 4.40. The molecule has 2 nitrogen and oxygen atoms in total. The normalized spacial score (nSPS) is 30.8. The molecule has 1 unspecified atom stereocenters. The van der Waals surface area contributed by atoms with Gasteiger partial charge in [-0.15, -0.1) is 0 Å². The summed E-state index contributed by atoms with van der Waals surface area (Å²) in [7, 11) is 0. The Hall–Kier alpha value is -1.34. The Morgan fingerprint density at radius 2 is 0.600 bits per heavy atom. The lowest BCUT2D eigenvalue weighted by molar-refractivity contribution is -0.479. The van der Waals surface area contributed by atoms with Crippen LogP contribution in [0, 0.1) is 0 Å². The fourth-order valence-corrected chi connectivity index (χ4v) is 2.23. The van der Waals surface area contributed by atoms with E-state index in [2.05, 4.69) is 0 Å². The molecule has 30 heavy (non-hydrogen) atoms. The zero-order valence-electron chi connectivity index (χ0n) is 12.7. The molecule has 0 aliphatic heterocycles. The Morgan fingerprint density at radius 1 is 0.400 bits per heavy atom. The molecule has 20 heteroatoms. The quantitative estimate of drug-likeness (QED) is 0.450. The number of hydrogen-bond acceptors (Lipinski definition) is 2. The van der Waals surface area contributed by atoms with Gasteiger partial charge < -0.3 is 10.2 Å². The molecule has 0 amide bonds. The second kappa shape index (κ2) is 5.71. The third-order valence-electron chi connectivity index (χ3n) is 4.08. The molecule has 0 spiro atoms. The molecule has 0 radical (unpaired) electrons. The van der Waals surface area contributed by atoms with Crippen LogP contribution in [0.2, 0.25) is 0 Å². The van der Waals surface area contributed by atoms with Gasteiger partial charge in [0.1, 0.15) is 0 Å². The Bertz CT molecular complexity index is 664. The van der Waals surface area contributed by atoms with Crippen molar-refractivity contribution in [3.63, 3.8) is 0 Å². The largest absolute Gasteiger partial charge is 0.418 e. The van der Waals surface area contributed by atoms with E-state index in [1.165, 1.54) is 0 Å². The van der Waals surface area contributed by atoms with E-state index in [-0.39, 0.29) is 0 Å². The fourth-order valence-electron chi connectivity index (χ4n) is 2.23. The Morgan fingerprint density at radius 3 is 0.800 bits per heavy atom. The minimum Gasteiger partial charge on any atom is -0.350 e. The third kappa shape index (κ3) is 2.23. The molecule has 1 aliphatic carbocycles. The summed E-state index contributed by atoms with van der Waals surface area (Å²) >= 11 is 0. The van der Waals surface area contributed by atoms with Crippen molar-refractivity contribution in [2.24, 2.45) is 0 Å². The molecule has 1 atom stereocenters. The van der Waals surface area contributed by atoms with Gasteiger partial charge in [0.25, 0.3) is 0 Å². The number of alkyl halides is 18. The van der Waals surface area contributed by atoms with Gasteiger partial charge in [-0.05, 0) is 0 Å². The lowest BCUT2D eigenvalue weighted by Crippen LogP contribution is -2.81. The molecule has 1 rings (SSSR count). The van der Waals surface area contributed by atoms with Crippen molar-refractivity contribution in [1.29, 1.82) is 0 Å². The van der Waals surface area contributed by atoms with E-state index in [1.54, 1.807) is 0 Å². The second-order valence-electron chi connectivity index (χ2n) is 5.84. The highest BCUT2D eigenvalue weighted by molar-refractivity contribution is 5.31. The number of rotatable bonds is 3. The first kappa shape index (κ1) is 26.7. The Balaban J connectivity index is 4.34. The third-order valence-corrected chi connectivity index (χ3v) is 4.08. The van der Waals surface area contributed by atoms with E-state index in [1.807, 2.05) is 0 Å². The Labute approximate surface area is 150 Å². The standard InChI is InChI=1S/C10H2F18O2/c11-1(4(16,17)9(26,29)10(27,28)30)2(12,13)5(18,19)7(22,23)8(24,25)6(20,21)3(1,14)15/h29-30H. The summed E-state index contributed by atoms with van der Waals surface area (Å²) in [5.74, 6) is -69.1. The zero-order valence-corrected chi connectivity index (χ0v) is 12.7. The smallest absolute Gasteiger partial charge is 0.350 e. The minimum absolute atomic E-state index is 7.43. The van der Waals surface area contributed by atoms with Crippen molar-refractivity contribution in [3.8, 4) is 0 Å². The van der Waals surface area contributed by atoms with E-state index in [4.69, 9.17) is 10.2 Å². The van der Waals surface area contributed by atoms with Gasteiger partial charge in [0.15, 0.2) is 0 Å². The molecular weight excluding hydrogens is 494 g/mol.